The summed E-state index contributed by atoms with van der Waals surface area (Å²) in [5.41, 5.74) is 0.709. The molecule has 0 radical (unpaired) electrons. The van der Waals surface area contributed by atoms with Gasteiger partial charge in [0.15, 0.2) is 0 Å². The monoisotopic (exact) mass is 281 g/mol. The van der Waals surface area contributed by atoms with E-state index < -0.39 is 5.60 Å². The Balaban J connectivity index is 1.99. The van der Waals surface area contributed by atoms with Crippen molar-refractivity contribution in [1.82, 2.24) is 0 Å². The van der Waals surface area contributed by atoms with Gasteiger partial charge < -0.3 is 10.4 Å². The van der Waals surface area contributed by atoms with Crippen LogP contribution < -0.4 is 5.32 Å². The fourth-order valence-corrected chi connectivity index (χ4v) is 2.80. The van der Waals surface area contributed by atoms with Crippen molar-refractivity contribution in [3.8, 4) is 0 Å². The number of amides is 1. The van der Waals surface area contributed by atoms with Crippen LogP contribution in [0.15, 0.2) is 18.2 Å². The first-order valence-electron chi connectivity index (χ1n) is 6.77. The maximum absolute atomic E-state index is 12.0. The number of nitrogens with one attached hydrogen (secondary N) is 1. The number of hydrogen-bond donors (Lipinski definition) is 2. The molecule has 0 bridgehead atoms. The Hall–Kier alpha value is -1.06. The maximum atomic E-state index is 12.0. The molecular formula is C15H20ClNO2. The van der Waals surface area contributed by atoms with E-state index in [1.807, 2.05) is 19.1 Å². The van der Waals surface area contributed by atoms with Crippen molar-refractivity contribution in [3.05, 3.63) is 28.8 Å². The zero-order valence-corrected chi connectivity index (χ0v) is 12.0. The molecule has 0 unspecified atom stereocenters. The SMILES string of the molecule is Cc1cccc(NC(=O)CC2(O)CCCCC2)c1Cl. The Bertz CT molecular complexity index is 467. The van der Waals surface area contributed by atoms with Gasteiger partial charge in [0.05, 0.1) is 22.7 Å². The van der Waals surface area contributed by atoms with E-state index in [9.17, 15) is 9.90 Å². The van der Waals surface area contributed by atoms with Crippen LogP contribution in [-0.4, -0.2) is 16.6 Å². The molecule has 0 aliphatic heterocycles. The molecule has 1 saturated carbocycles. The van der Waals surface area contributed by atoms with Crippen LogP contribution in [0, 0.1) is 6.92 Å². The van der Waals surface area contributed by atoms with Crippen LogP contribution in [0.25, 0.3) is 0 Å². The van der Waals surface area contributed by atoms with Crippen LogP contribution in [-0.2, 0) is 4.79 Å². The van der Waals surface area contributed by atoms with Crippen LogP contribution in [0.1, 0.15) is 44.1 Å². The molecule has 2 N–H and O–H groups in total. The molecule has 0 spiro atoms. The van der Waals surface area contributed by atoms with Crippen molar-refractivity contribution >= 4 is 23.2 Å². The average molecular weight is 282 g/mol. The molecule has 19 heavy (non-hydrogen) atoms. The van der Waals surface area contributed by atoms with Gasteiger partial charge in [-0.15, -0.1) is 0 Å². The van der Waals surface area contributed by atoms with E-state index >= 15 is 0 Å². The number of carbonyl (C=O) groups excluding carboxylic acids is 1. The highest BCUT2D eigenvalue weighted by Gasteiger charge is 2.31. The van der Waals surface area contributed by atoms with E-state index in [4.69, 9.17) is 11.6 Å². The smallest absolute Gasteiger partial charge is 0.227 e. The van der Waals surface area contributed by atoms with Crippen molar-refractivity contribution in [3.63, 3.8) is 0 Å². The molecule has 104 valence electrons. The Morgan fingerprint density at radius 3 is 2.74 bits per heavy atom. The Morgan fingerprint density at radius 2 is 2.05 bits per heavy atom. The number of anilines is 1. The molecule has 1 aliphatic carbocycles. The Kier molecular flexibility index (Phi) is 4.48. The van der Waals surface area contributed by atoms with Crippen molar-refractivity contribution in [2.24, 2.45) is 0 Å². The summed E-state index contributed by atoms with van der Waals surface area (Å²) in [6.45, 7) is 1.90. The van der Waals surface area contributed by atoms with Crippen LogP contribution in [0.3, 0.4) is 0 Å². The van der Waals surface area contributed by atoms with E-state index in [2.05, 4.69) is 5.32 Å². The van der Waals surface area contributed by atoms with Crippen molar-refractivity contribution in [1.29, 1.82) is 0 Å². The summed E-state index contributed by atoms with van der Waals surface area (Å²) in [6.07, 6.45) is 4.71. The number of benzene rings is 1. The fraction of sp³-hybridized carbons (Fsp3) is 0.533. The number of aryl methyl sites for hydroxylation is 1. The predicted molar refractivity (Wildman–Crippen MR) is 77.5 cm³/mol. The summed E-state index contributed by atoms with van der Waals surface area (Å²) in [7, 11) is 0. The highest BCUT2D eigenvalue weighted by Crippen LogP contribution is 2.32. The van der Waals surface area contributed by atoms with Crippen LogP contribution >= 0.6 is 11.6 Å². The van der Waals surface area contributed by atoms with E-state index in [0.717, 1.165) is 24.8 Å². The van der Waals surface area contributed by atoms with Gasteiger partial charge in [-0.25, -0.2) is 0 Å². The third-order valence-corrected chi connectivity index (χ3v) is 4.24. The molecule has 0 heterocycles. The molecule has 4 heteroatoms. The topological polar surface area (TPSA) is 49.3 Å². The summed E-state index contributed by atoms with van der Waals surface area (Å²) < 4.78 is 0. The highest BCUT2D eigenvalue weighted by molar-refractivity contribution is 6.34. The minimum Gasteiger partial charge on any atom is -0.389 e. The molecule has 1 aliphatic rings. The summed E-state index contributed by atoms with van der Waals surface area (Å²) >= 11 is 6.14. The maximum Gasteiger partial charge on any atom is 0.227 e. The number of rotatable bonds is 3. The largest absolute Gasteiger partial charge is 0.389 e. The molecule has 2 rings (SSSR count). The van der Waals surface area contributed by atoms with Crippen molar-refractivity contribution in [2.75, 3.05) is 5.32 Å². The van der Waals surface area contributed by atoms with Gasteiger partial charge in [-0.3, -0.25) is 4.79 Å². The molecule has 1 aromatic carbocycles. The van der Waals surface area contributed by atoms with Crippen LogP contribution in [0.5, 0.6) is 0 Å². The third-order valence-electron chi connectivity index (χ3n) is 3.74. The lowest BCUT2D eigenvalue weighted by atomic mass is 9.82. The van der Waals surface area contributed by atoms with Gasteiger partial charge in [0.1, 0.15) is 0 Å². The zero-order chi connectivity index (χ0) is 13.9. The van der Waals surface area contributed by atoms with E-state index in [1.165, 1.54) is 0 Å². The summed E-state index contributed by atoms with van der Waals surface area (Å²) in [5, 5.41) is 13.7. The van der Waals surface area contributed by atoms with Gasteiger partial charge >= 0.3 is 0 Å². The number of carbonyl (C=O) groups is 1. The second-order valence-corrected chi connectivity index (χ2v) is 5.82. The molecule has 0 atom stereocenters. The van der Waals surface area contributed by atoms with Crippen molar-refractivity contribution < 1.29 is 9.90 Å². The highest BCUT2D eigenvalue weighted by atomic mass is 35.5. The molecule has 3 nitrogen and oxygen atoms in total. The Labute approximate surface area is 119 Å². The van der Waals surface area contributed by atoms with Gasteiger partial charge in [-0.05, 0) is 31.4 Å². The van der Waals surface area contributed by atoms with Crippen LogP contribution in [0.2, 0.25) is 5.02 Å². The quantitative estimate of drug-likeness (QED) is 0.888. The van der Waals surface area contributed by atoms with Crippen LogP contribution in [0.4, 0.5) is 5.69 Å². The zero-order valence-electron chi connectivity index (χ0n) is 11.2. The second kappa shape index (κ2) is 5.93. The van der Waals surface area contributed by atoms with Crippen molar-refractivity contribution in [2.45, 2.75) is 51.0 Å². The standard InChI is InChI=1S/C15H20ClNO2/c1-11-6-5-7-12(14(11)16)17-13(18)10-15(19)8-3-2-4-9-15/h5-7,19H,2-4,8-10H2,1H3,(H,17,18). The number of aliphatic hydroxyl groups is 1. The van der Waals surface area contributed by atoms with Gasteiger partial charge in [-0.1, -0.05) is 43.0 Å². The third kappa shape index (κ3) is 3.71. The molecule has 0 aromatic heterocycles. The van der Waals surface area contributed by atoms with E-state index in [-0.39, 0.29) is 12.3 Å². The second-order valence-electron chi connectivity index (χ2n) is 5.45. The first-order chi connectivity index (χ1) is 9.00. The van der Waals surface area contributed by atoms with Gasteiger partial charge in [-0.2, -0.15) is 0 Å². The lowest BCUT2D eigenvalue weighted by Gasteiger charge is -2.31. The predicted octanol–water partition coefficient (Wildman–Crippen LogP) is 3.67. The minimum absolute atomic E-state index is 0.150. The fourth-order valence-electron chi connectivity index (χ4n) is 2.62. The van der Waals surface area contributed by atoms with E-state index in [1.54, 1.807) is 6.07 Å². The average Bonchev–Trinajstić information content (AvgIpc) is 2.35. The lowest BCUT2D eigenvalue weighted by Crippen LogP contribution is -2.35. The summed E-state index contributed by atoms with van der Waals surface area (Å²) in [5.74, 6) is -0.170. The number of hydrogen-bond acceptors (Lipinski definition) is 2. The first kappa shape index (κ1) is 14.4. The Morgan fingerprint density at radius 1 is 1.37 bits per heavy atom. The summed E-state index contributed by atoms with van der Waals surface area (Å²) in [6, 6.07) is 5.52. The van der Waals surface area contributed by atoms with E-state index in [0.29, 0.717) is 23.6 Å². The summed E-state index contributed by atoms with van der Waals surface area (Å²) in [4.78, 5) is 12.0. The first-order valence-corrected chi connectivity index (χ1v) is 7.15. The van der Waals surface area contributed by atoms with Gasteiger partial charge in [0, 0.05) is 0 Å². The minimum atomic E-state index is -0.835. The molecule has 1 aromatic rings. The lowest BCUT2D eigenvalue weighted by molar-refractivity contribution is -0.122. The molecule has 1 fully saturated rings. The molecule has 0 saturated heterocycles. The molecular weight excluding hydrogens is 262 g/mol. The number of halogens is 1. The van der Waals surface area contributed by atoms with Gasteiger partial charge in [0.2, 0.25) is 5.91 Å². The molecule has 1 amide bonds. The normalized spacial score (nSPS) is 18.1. The van der Waals surface area contributed by atoms with Gasteiger partial charge in [0.25, 0.3) is 0 Å².